The van der Waals surface area contributed by atoms with E-state index in [4.69, 9.17) is 24.1 Å². The number of thiazole rings is 1. The summed E-state index contributed by atoms with van der Waals surface area (Å²) < 4.78 is 23.8. The highest BCUT2D eigenvalue weighted by atomic mass is 32.1. The van der Waals surface area contributed by atoms with Crippen LogP contribution in [0.3, 0.4) is 0 Å². The minimum absolute atomic E-state index is 0.160. The van der Waals surface area contributed by atoms with Crippen LogP contribution in [0.5, 0.6) is 17.2 Å². The first kappa shape index (κ1) is 28.6. The van der Waals surface area contributed by atoms with Gasteiger partial charge in [-0.3, -0.25) is 9.36 Å². The van der Waals surface area contributed by atoms with Crippen molar-refractivity contribution in [2.75, 3.05) is 27.4 Å². The topological polar surface area (TPSA) is 126 Å². The minimum Gasteiger partial charge on any atom is -0.496 e. The van der Waals surface area contributed by atoms with Gasteiger partial charge in [-0.15, -0.1) is 0 Å². The Labute approximate surface area is 244 Å². The van der Waals surface area contributed by atoms with E-state index in [9.17, 15) is 14.4 Å². The first-order chi connectivity index (χ1) is 20.3. The summed E-state index contributed by atoms with van der Waals surface area (Å²) in [6.45, 7) is 3.10. The number of rotatable bonds is 9. The molecule has 0 saturated heterocycles. The number of esters is 1. The monoisotopic (exact) mass is 588 g/mol. The van der Waals surface area contributed by atoms with Crippen LogP contribution < -0.4 is 29.1 Å². The number of benzene rings is 3. The number of methoxy groups -OCH3 is 2. The van der Waals surface area contributed by atoms with Crippen molar-refractivity contribution in [3.8, 4) is 17.2 Å². The molecule has 10 nitrogen and oxygen atoms in total. The van der Waals surface area contributed by atoms with Crippen molar-refractivity contribution in [3.05, 3.63) is 96.7 Å². The number of aliphatic carboxylic acids is 1. The third-order valence-electron chi connectivity index (χ3n) is 6.78. The van der Waals surface area contributed by atoms with E-state index in [1.165, 1.54) is 23.0 Å². The van der Waals surface area contributed by atoms with Gasteiger partial charge in [0.25, 0.3) is 5.56 Å². The highest BCUT2D eigenvalue weighted by molar-refractivity contribution is 7.07. The lowest BCUT2D eigenvalue weighted by Gasteiger charge is -2.27. The molecule has 3 aromatic carbocycles. The third kappa shape index (κ3) is 5.26. The minimum atomic E-state index is -1.11. The standard InChI is InChI=1S/C31H28N2O8S/c1-5-40-30(37)26-17(2)32-31-33(28(26)27-20-9-7-6-8-19(20)11-13-22(27)38-3)29(36)24(42-31)15-18-10-12-21(23(14-18)39-4)41-16-25(34)35/h6-15,28H,5,16H2,1-4H3,(H,34,35)/b24-15+/t28-/m0/s1. The van der Waals surface area contributed by atoms with Crippen LogP contribution >= 0.6 is 11.3 Å². The highest BCUT2D eigenvalue weighted by Gasteiger charge is 2.36. The summed E-state index contributed by atoms with van der Waals surface area (Å²) in [7, 11) is 2.99. The normalized spacial score (nSPS) is 14.8. The van der Waals surface area contributed by atoms with Gasteiger partial charge in [-0.2, -0.15) is 0 Å². The highest BCUT2D eigenvalue weighted by Crippen LogP contribution is 2.40. The molecule has 0 amide bonds. The summed E-state index contributed by atoms with van der Waals surface area (Å²) in [5, 5.41) is 10.7. The second kappa shape index (κ2) is 11.9. The Bertz CT molecular complexity index is 1920. The van der Waals surface area contributed by atoms with Crippen LogP contribution in [0.1, 0.15) is 31.0 Å². The average Bonchev–Trinajstić information content (AvgIpc) is 3.28. The number of ether oxygens (including phenoxy) is 4. The first-order valence-corrected chi connectivity index (χ1v) is 13.9. The van der Waals surface area contributed by atoms with E-state index in [-0.39, 0.29) is 23.5 Å². The average molecular weight is 589 g/mol. The van der Waals surface area contributed by atoms with Crippen molar-refractivity contribution in [2.24, 2.45) is 4.99 Å². The molecule has 0 saturated carbocycles. The molecule has 0 radical (unpaired) electrons. The predicted molar refractivity (Wildman–Crippen MR) is 157 cm³/mol. The lowest BCUT2D eigenvalue weighted by molar-refractivity contribution is -0.140. The van der Waals surface area contributed by atoms with Crippen molar-refractivity contribution in [1.82, 2.24) is 4.57 Å². The van der Waals surface area contributed by atoms with Gasteiger partial charge in [0, 0.05) is 5.56 Å². The van der Waals surface area contributed by atoms with Gasteiger partial charge in [-0.05, 0) is 54.5 Å². The molecule has 0 aliphatic carbocycles. The van der Waals surface area contributed by atoms with Crippen LogP contribution in [0.4, 0.5) is 0 Å². The summed E-state index contributed by atoms with van der Waals surface area (Å²) in [4.78, 5) is 43.5. The van der Waals surface area contributed by atoms with Crippen molar-refractivity contribution in [3.63, 3.8) is 0 Å². The molecule has 1 aliphatic rings. The molecule has 1 aliphatic heterocycles. The van der Waals surface area contributed by atoms with Gasteiger partial charge in [0.2, 0.25) is 0 Å². The molecule has 0 spiro atoms. The number of carboxylic acids is 1. The van der Waals surface area contributed by atoms with Crippen LogP contribution in [0.2, 0.25) is 0 Å². The molecule has 42 heavy (non-hydrogen) atoms. The molecule has 1 N–H and O–H groups in total. The van der Waals surface area contributed by atoms with E-state index in [0.29, 0.717) is 37.7 Å². The van der Waals surface area contributed by atoms with Crippen LogP contribution in [0.15, 0.2) is 75.7 Å². The zero-order valence-corrected chi connectivity index (χ0v) is 24.2. The summed E-state index contributed by atoms with van der Waals surface area (Å²) in [5.74, 6) is -0.578. The van der Waals surface area contributed by atoms with Crippen LogP contribution in [-0.2, 0) is 14.3 Å². The van der Waals surface area contributed by atoms with E-state index in [0.717, 1.165) is 10.8 Å². The number of allylic oxidation sites excluding steroid dienone is 1. The zero-order valence-electron chi connectivity index (χ0n) is 23.4. The number of carbonyl (C=O) groups is 2. The summed E-state index contributed by atoms with van der Waals surface area (Å²) in [6.07, 6.45) is 1.69. The number of carboxylic acid groups (broad SMARTS) is 1. The second-order valence-electron chi connectivity index (χ2n) is 9.30. The Balaban J connectivity index is 1.74. The van der Waals surface area contributed by atoms with Crippen molar-refractivity contribution in [1.29, 1.82) is 0 Å². The molecule has 0 unspecified atom stereocenters. The van der Waals surface area contributed by atoms with Gasteiger partial charge in [0.15, 0.2) is 22.9 Å². The molecule has 1 aromatic heterocycles. The van der Waals surface area contributed by atoms with E-state index >= 15 is 0 Å². The fourth-order valence-electron chi connectivity index (χ4n) is 4.98. The Morgan fingerprint density at radius 3 is 2.50 bits per heavy atom. The number of carbonyl (C=O) groups excluding carboxylic acids is 1. The predicted octanol–water partition coefficient (Wildman–Crippen LogP) is 3.43. The zero-order chi connectivity index (χ0) is 30.0. The Kier molecular flexibility index (Phi) is 8.12. The van der Waals surface area contributed by atoms with Crippen molar-refractivity contribution in [2.45, 2.75) is 19.9 Å². The smallest absolute Gasteiger partial charge is 0.341 e. The first-order valence-electron chi connectivity index (χ1n) is 13.0. The Morgan fingerprint density at radius 1 is 1.05 bits per heavy atom. The van der Waals surface area contributed by atoms with Crippen molar-refractivity contribution >= 4 is 40.1 Å². The van der Waals surface area contributed by atoms with Gasteiger partial charge >= 0.3 is 11.9 Å². The molecule has 4 aromatic rings. The fourth-order valence-corrected chi connectivity index (χ4v) is 6.03. The molecule has 216 valence electrons. The number of hydrogen-bond donors (Lipinski definition) is 1. The molecule has 0 fully saturated rings. The number of fused-ring (bicyclic) bond motifs is 2. The van der Waals surface area contributed by atoms with Gasteiger partial charge in [-0.25, -0.2) is 14.6 Å². The molecule has 1 atom stereocenters. The fraction of sp³-hybridized carbons (Fsp3) is 0.226. The molecule has 11 heteroatoms. The number of aromatic nitrogens is 1. The molecular weight excluding hydrogens is 560 g/mol. The SMILES string of the molecule is CCOC(=O)C1=C(C)N=c2s/c(=C/c3ccc(OCC(=O)O)c(OC)c3)c(=O)n2[C@@H]1c1c(OC)ccc2ccccc12. The Morgan fingerprint density at radius 2 is 1.79 bits per heavy atom. The molecular formula is C31H28N2O8S. The third-order valence-corrected chi connectivity index (χ3v) is 7.76. The van der Waals surface area contributed by atoms with E-state index < -0.39 is 24.6 Å². The summed E-state index contributed by atoms with van der Waals surface area (Å²) in [6, 6.07) is 15.5. The molecule has 2 heterocycles. The summed E-state index contributed by atoms with van der Waals surface area (Å²) >= 11 is 1.19. The van der Waals surface area contributed by atoms with Crippen LogP contribution in [0.25, 0.3) is 16.8 Å². The molecule has 0 bridgehead atoms. The lowest BCUT2D eigenvalue weighted by Crippen LogP contribution is -2.40. The second-order valence-corrected chi connectivity index (χ2v) is 10.3. The van der Waals surface area contributed by atoms with Gasteiger partial charge in [-0.1, -0.05) is 47.7 Å². The maximum Gasteiger partial charge on any atom is 0.341 e. The van der Waals surface area contributed by atoms with Crippen LogP contribution in [0, 0.1) is 0 Å². The maximum absolute atomic E-state index is 14.1. The van der Waals surface area contributed by atoms with Crippen LogP contribution in [-0.4, -0.2) is 49.0 Å². The maximum atomic E-state index is 14.1. The molecule has 5 rings (SSSR count). The lowest BCUT2D eigenvalue weighted by atomic mass is 9.90. The quantitative estimate of drug-likeness (QED) is 0.295. The van der Waals surface area contributed by atoms with E-state index in [2.05, 4.69) is 4.99 Å². The van der Waals surface area contributed by atoms with E-state index in [1.54, 1.807) is 45.2 Å². The largest absolute Gasteiger partial charge is 0.496 e. The number of hydrogen-bond acceptors (Lipinski definition) is 9. The van der Waals surface area contributed by atoms with Gasteiger partial charge in [0.1, 0.15) is 11.8 Å². The van der Waals surface area contributed by atoms with E-state index in [1.807, 2.05) is 36.4 Å². The number of nitrogens with zero attached hydrogens (tertiary/aromatic N) is 2. The van der Waals surface area contributed by atoms with Crippen molar-refractivity contribution < 1.29 is 33.6 Å². The Hall–Kier alpha value is -4.90. The summed E-state index contributed by atoms with van der Waals surface area (Å²) in [5.41, 5.74) is 1.63. The van der Waals surface area contributed by atoms with Gasteiger partial charge < -0.3 is 24.1 Å². The van der Waals surface area contributed by atoms with Gasteiger partial charge in [0.05, 0.1) is 36.6 Å².